The number of ether oxygens (including phenoxy) is 2. The Morgan fingerprint density at radius 1 is 1.26 bits per heavy atom. The maximum absolute atomic E-state index is 13.2. The molecule has 0 aliphatic heterocycles. The zero-order valence-corrected chi connectivity index (χ0v) is 16.6. The van der Waals surface area contributed by atoms with Crippen molar-refractivity contribution in [2.45, 2.75) is 48.4 Å². The smallest absolute Gasteiger partial charge is 0.305 e. The molecule has 3 rings (SSSR count). The van der Waals surface area contributed by atoms with Crippen LogP contribution in [0.5, 0.6) is 11.5 Å². The van der Waals surface area contributed by atoms with Gasteiger partial charge in [-0.2, -0.15) is 11.3 Å². The Morgan fingerprint density at radius 2 is 2.00 bits per heavy atom. The SMILES string of the molecule is COc1ccc(S(=O)(=O)C(CC(=O)O)c2ccsc2)cc1OC1CCCC1. The van der Waals surface area contributed by atoms with Crippen molar-refractivity contribution in [2.24, 2.45) is 0 Å². The van der Waals surface area contributed by atoms with Crippen LogP contribution in [-0.2, 0) is 14.6 Å². The van der Waals surface area contributed by atoms with Gasteiger partial charge in [-0.25, -0.2) is 8.42 Å². The first-order valence-electron chi connectivity index (χ1n) is 8.74. The zero-order valence-electron chi connectivity index (χ0n) is 15.0. The molecule has 8 heteroatoms. The predicted octanol–water partition coefficient (Wildman–Crippen LogP) is 4.07. The van der Waals surface area contributed by atoms with Crippen LogP contribution in [0.15, 0.2) is 39.9 Å². The molecule has 0 spiro atoms. The van der Waals surface area contributed by atoms with Crippen LogP contribution in [0.1, 0.15) is 42.9 Å². The number of thiophene rings is 1. The molecule has 1 saturated carbocycles. The molecule has 1 fully saturated rings. The van der Waals surface area contributed by atoms with E-state index in [0.717, 1.165) is 25.7 Å². The monoisotopic (exact) mass is 410 g/mol. The van der Waals surface area contributed by atoms with Gasteiger partial charge in [-0.15, -0.1) is 0 Å². The molecule has 6 nitrogen and oxygen atoms in total. The Balaban J connectivity index is 1.98. The molecule has 1 atom stereocenters. The summed E-state index contributed by atoms with van der Waals surface area (Å²) in [6, 6.07) is 6.10. The molecular weight excluding hydrogens is 388 g/mol. The van der Waals surface area contributed by atoms with E-state index in [1.54, 1.807) is 22.9 Å². The normalized spacial score (nSPS) is 16.2. The van der Waals surface area contributed by atoms with E-state index >= 15 is 0 Å². The maximum Gasteiger partial charge on any atom is 0.305 e. The molecule has 27 heavy (non-hydrogen) atoms. The standard InChI is InChI=1S/C19H22O6S2/c1-24-16-7-6-15(10-17(16)25-14-4-2-3-5-14)27(22,23)18(11-19(20)21)13-8-9-26-12-13/h6-10,12,14,18H,2-5,11H2,1H3,(H,20,21). The van der Waals surface area contributed by atoms with Gasteiger partial charge in [0.15, 0.2) is 21.3 Å². The Hall–Kier alpha value is -2.06. The molecule has 0 saturated heterocycles. The summed E-state index contributed by atoms with van der Waals surface area (Å²) in [7, 11) is -2.41. The van der Waals surface area contributed by atoms with Gasteiger partial charge in [0.05, 0.1) is 24.5 Å². The summed E-state index contributed by atoms with van der Waals surface area (Å²) in [4.78, 5) is 11.3. The Kier molecular flexibility index (Phi) is 6.06. The predicted molar refractivity (Wildman–Crippen MR) is 102 cm³/mol. The Labute approximate surface area is 162 Å². The van der Waals surface area contributed by atoms with Crippen LogP contribution in [-0.4, -0.2) is 32.7 Å². The molecule has 1 heterocycles. The number of sulfone groups is 1. The first kappa shape index (κ1) is 19.7. The van der Waals surface area contributed by atoms with Gasteiger partial charge in [0, 0.05) is 6.07 Å². The average Bonchev–Trinajstić information content (AvgIpc) is 3.33. The number of hydrogen-bond acceptors (Lipinski definition) is 6. The van der Waals surface area contributed by atoms with Gasteiger partial charge >= 0.3 is 5.97 Å². The van der Waals surface area contributed by atoms with Gasteiger partial charge < -0.3 is 14.6 Å². The number of carbonyl (C=O) groups is 1. The quantitative estimate of drug-likeness (QED) is 0.706. The Bertz CT molecular complexity index is 883. The van der Waals surface area contributed by atoms with Crippen molar-refractivity contribution in [3.8, 4) is 11.5 Å². The second-order valence-electron chi connectivity index (χ2n) is 6.53. The second-order valence-corrected chi connectivity index (χ2v) is 9.44. The Morgan fingerprint density at radius 3 is 2.59 bits per heavy atom. The van der Waals surface area contributed by atoms with Crippen molar-refractivity contribution in [2.75, 3.05) is 7.11 Å². The molecule has 1 aromatic heterocycles. The van der Waals surface area contributed by atoms with Crippen LogP contribution in [0, 0.1) is 0 Å². The second kappa shape index (κ2) is 8.31. The number of carboxylic acid groups (broad SMARTS) is 1. The van der Waals surface area contributed by atoms with E-state index in [0.29, 0.717) is 17.1 Å². The van der Waals surface area contributed by atoms with Crippen LogP contribution in [0.2, 0.25) is 0 Å². The summed E-state index contributed by atoms with van der Waals surface area (Å²) in [5.41, 5.74) is 0.483. The van der Waals surface area contributed by atoms with Crippen LogP contribution in [0.4, 0.5) is 0 Å². The molecule has 0 amide bonds. The number of carboxylic acids is 1. The van der Waals surface area contributed by atoms with Gasteiger partial charge in [-0.1, -0.05) is 0 Å². The van der Waals surface area contributed by atoms with Gasteiger partial charge in [0.2, 0.25) is 0 Å². The summed E-state index contributed by atoms with van der Waals surface area (Å²) in [5.74, 6) is -0.318. The highest BCUT2D eigenvalue weighted by Crippen LogP contribution is 2.38. The maximum atomic E-state index is 13.2. The molecule has 1 aliphatic rings. The minimum atomic E-state index is -3.91. The van der Waals surface area contributed by atoms with Gasteiger partial charge in [-0.3, -0.25) is 4.79 Å². The largest absolute Gasteiger partial charge is 0.493 e. The van der Waals surface area contributed by atoms with E-state index in [-0.39, 0.29) is 11.0 Å². The van der Waals surface area contributed by atoms with Crippen molar-refractivity contribution in [1.82, 2.24) is 0 Å². The summed E-state index contributed by atoms with van der Waals surface area (Å²) in [6.07, 6.45) is 3.58. The lowest BCUT2D eigenvalue weighted by atomic mass is 10.2. The van der Waals surface area contributed by atoms with E-state index in [1.165, 1.54) is 30.6 Å². The van der Waals surface area contributed by atoms with E-state index in [1.807, 2.05) is 0 Å². The van der Waals surface area contributed by atoms with Crippen molar-refractivity contribution in [3.63, 3.8) is 0 Å². The van der Waals surface area contributed by atoms with Gasteiger partial charge in [-0.05, 0) is 60.2 Å². The zero-order chi connectivity index (χ0) is 19.4. The number of aliphatic carboxylic acids is 1. The summed E-state index contributed by atoms with van der Waals surface area (Å²) >= 11 is 1.33. The fourth-order valence-electron chi connectivity index (χ4n) is 3.30. The van der Waals surface area contributed by atoms with Crippen LogP contribution in [0.25, 0.3) is 0 Å². The van der Waals surface area contributed by atoms with Crippen molar-refractivity contribution in [1.29, 1.82) is 0 Å². The molecule has 0 bridgehead atoms. The highest BCUT2D eigenvalue weighted by atomic mass is 32.2. The fraction of sp³-hybridized carbons (Fsp3) is 0.421. The highest BCUT2D eigenvalue weighted by molar-refractivity contribution is 7.91. The van der Waals surface area contributed by atoms with Crippen molar-refractivity contribution >= 4 is 27.1 Å². The summed E-state index contributed by atoms with van der Waals surface area (Å²) in [6.45, 7) is 0. The first-order valence-corrected chi connectivity index (χ1v) is 11.2. The van der Waals surface area contributed by atoms with Crippen LogP contribution in [0.3, 0.4) is 0 Å². The van der Waals surface area contributed by atoms with E-state index < -0.39 is 27.5 Å². The highest BCUT2D eigenvalue weighted by Gasteiger charge is 2.32. The lowest BCUT2D eigenvalue weighted by Crippen LogP contribution is -2.18. The van der Waals surface area contributed by atoms with Crippen LogP contribution >= 0.6 is 11.3 Å². The molecule has 1 aromatic carbocycles. The fourth-order valence-corrected chi connectivity index (χ4v) is 5.82. The first-order chi connectivity index (χ1) is 12.9. The third-order valence-corrected chi connectivity index (χ3v) is 7.51. The lowest BCUT2D eigenvalue weighted by molar-refractivity contribution is -0.137. The number of methoxy groups -OCH3 is 1. The summed E-state index contributed by atoms with van der Waals surface area (Å²) in [5, 5.41) is 11.5. The molecule has 146 valence electrons. The number of rotatable bonds is 8. The topological polar surface area (TPSA) is 89.9 Å². The van der Waals surface area contributed by atoms with E-state index in [2.05, 4.69) is 0 Å². The summed E-state index contributed by atoms with van der Waals surface area (Å²) < 4.78 is 37.7. The van der Waals surface area contributed by atoms with E-state index in [4.69, 9.17) is 9.47 Å². The lowest BCUT2D eigenvalue weighted by Gasteiger charge is -2.19. The molecule has 2 aromatic rings. The third-order valence-electron chi connectivity index (χ3n) is 4.71. The molecule has 0 radical (unpaired) electrons. The van der Waals surface area contributed by atoms with Crippen molar-refractivity contribution in [3.05, 3.63) is 40.6 Å². The molecular formula is C19H22O6S2. The molecule has 1 aliphatic carbocycles. The van der Waals surface area contributed by atoms with Gasteiger partial charge in [0.25, 0.3) is 0 Å². The third kappa shape index (κ3) is 4.44. The average molecular weight is 411 g/mol. The minimum absolute atomic E-state index is 0.0359. The molecule has 1 N–H and O–H groups in total. The van der Waals surface area contributed by atoms with Gasteiger partial charge in [0.1, 0.15) is 5.25 Å². The minimum Gasteiger partial charge on any atom is -0.493 e. The number of hydrogen-bond donors (Lipinski definition) is 1. The molecule has 1 unspecified atom stereocenters. The van der Waals surface area contributed by atoms with Crippen LogP contribution < -0.4 is 9.47 Å². The van der Waals surface area contributed by atoms with Crippen molar-refractivity contribution < 1.29 is 27.8 Å². The van der Waals surface area contributed by atoms with E-state index in [9.17, 15) is 18.3 Å². The number of benzene rings is 1.